The number of benzene rings is 4. The molecule has 0 saturated carbocycles. The Morgan fingerprint density at radius 3 is 2.39 bits per heavy atom. The fraction of sp³-hybridized carbons (Fsp3) is 0.111. The maximum Gasteiger partial charge on any atom is 0.259 e. The van der Waals surface area contributed by atoms with Crippen molar-refractivity contribution in [3.8, 4) is 5.75 Å². The number of rotatable bonds is 5. The maximum atomic E-state index is 13.3. The molecule has 0 spiro atoms. The molecule has 0 aliphatic heterocycles. The Bertz CT molecular complexity index is 1550. The number of anilines is 1. The van der Waals surface area contributed by atoms with Crippen LogP contribution < -0.4 is 10.6 Å². The van der Waals surface area contributed by atoms with E-state index in [1.165, 1.54) is 19.2 Å². The number of aryl methyl sites for hydroxylation is 2. The number of nitrogens with one attached hydrogen (secondary N) is 2. The van der Waals surface area contributed by atoms with Gasteiger partial charge in [0.1, 0.15) is 11.4 Å². The average molecular weight is 521 g/mol. The van der Waals surface area contributed by atoms with E-state index in [1.807, 2.05) is 26.0 Å². The van der Waals surface area contributed by atoms with E-state index in [4.69, 9.17) is 23.2 Å². The molecule has 0 atom stereocenters. The molecular weight excluding hydrogens is 499 g/mol. The van der Waals surface area contributed by atoms with Crippen molar-refractivity contribution < 1.29 is 14.7 Å². The zero-order valence-corrected chi connectivity index (χ0v) is 21.2. The number of phenolic OH excluding ortho intramolecular Hbond substituents is 1. The summed E-state index contributed by atoms with van der Waals surface area (Å²) in [4.78, 5) is 25.5. The van der Waals surface area contributed by atoms with Crippen LogP contribution in [0.2, 0.25) is 10.0 Å². The number of amides is 2. The topological polar surface area (TPSA) is 103 Å². The Labute approximate surface area is 217 Å². The molecule has 4 aromatic rings. The number of fused-ring (bicyclic) bond motifs is 1. The number of phenols is 1. The molecule has 2 amide bonds. The third kappa shape index (κ3) is 5.17. The summed E-state index contributed by atoms with van der Waals surface area (Å²) in [6.07, 6.45) is 0. The van der Waals surface area contributed by atoms with E-state index in [0.29, 0.717) is 37.8 Å². The molecule has 9 heteroatoms. The van der Waals surface area contributed by atoms with Gasteiger partial charge >= 0.3 is 0 Å². The second kappa shape index (κ2) is 10.4. The van der Waals surface area contributed by atoms with Crippen LogP contribution in [0.15, 0.2) is 70.9 Å². The zero-order valence-electron chi connectivity index (χ0n) is 19.7. The summed E-state index contributed by atoms with van der Waals surface area (Å²) in [5.74, 6) is -1.19. The fourth-order valence-electron chi connectivity index (χ4n) is 3.75. The van der Waals surface area contributed by atoms with Gasteiger partial charge in [-0.05, 0) is 67.3 Å². The SMILES string of the molecule is CNC(=O)c1ccc2c(/N=N/c3cc(Cl)ccc3Cl)c(O)c(C(=O)Nc3ccc(C)cc3C)cc2c1. The fourth-order valence-corrected chi connectivity index (χ4v) is 4.07. The van der Waals surface area contributed by atoms with E-state index in [0.717, 1.165) is 11.1 Å². The van der Waals surface area contributed by atoms with Crippen molar-refractivity contribution in [3.63, 3.8) is 0 Å². The first-order valence-electron chi connectivity index (χ1n) is 10.9. The van der Waals surface area contributed by atoms with E-state index in [9.17, 15) is 14.7 Å². The minimum atomic E-state index is -0.538. The predicted octanol–water partition coefficient (Wildman–Crippen LogP) is 7.50. The summed E-state index contributed by atoms with van der Waals surface area (Å²) in [5, 5.41) is 26.7. The molecule has 3 N–H and O–H groups in total. The first kappa shape index (κ1) is 25.2. The van der Waals surface area contributed by atoms with E-state index >= 15 is 0 Å². The molecule has 0 heterocycles. The average Bonchev–Trinajstić information content (AvgIpc) is 2.85. The van der Waals surface area contributed by atoms with Gasteiger partial charge in [0.2, 0.25) is 0 Å². The highest BCUT2D eigenvalue weighted by Crippen LogP contribution is 2.41. The third-order valence-corrected chi connectivity index (χ3v) is 6.17. The Morgan fingerprint density at radius 2 is 1.67 bits per heavy atom. The van der Waals surface area contributed by atoms with Crippen molar-refractivity contribution in [2.75, 3.05) is 12.4 Å². The van der Waals surface area contributed by atoms with E-state index in [1.54, 1.807) is 36.4 Å². The highest BCUT2D eigenvalue weighted by atomic mass is 35.5. The summed E-state index contributed by atoms with van der Waals surface area (Å²) < 4.78 is 0. The second-order valence-corrected chi connectivity index (χ2v) is 9.05. The number of halogens is 2. The molecule has 0 aliphatic carbocycles. The highest BCUT2D eigenvalue weighted by Gasteiger charge is 2.20. The lowest BCUT2D eigenvalue weighted by Crippen LogP contribution is -2.17. The molecule has 182 valence electrons. The molecular formula is C27H22Cl2N4O3. The first-order valence-corrected chi connectivity index (χ1v) is 11.7. The molecule has 7 nitrogen and oxygen atoms in total. The van der Waals surface area contributed by atoms with Gasteiger partial charge in [-0.1, -0.05) is 47.0 Å². The number of carbonyl (C=O) groups excluding carboxylic acids is 2. The van der Waals surface area contributed by atoms with Crippen LogP contribution in [0.1, 0.15) is 31.8 Å². The summed E-state index contributed by atoms with van der Waals surface area (Å²) >= 11 is 12.3. The van der Waals surface area contributed by atoms with E-state index < -0.39 is 5.91 Å². The largest absolute Gasteiger partial charge is 0.505 e. The smallest absolute Gasteiger partial charge is 0.259 e. The number of hydrogen-bond donors (Lipinski definition) is 3. The van der Waals surface area contributed by atoms with Gasteiger partial charge in [-0.25, -0.2) is 0 Å². The van der Waals surface area contributed by atoms with Gasteiger partial charge in [-0.3, -0.25) is 9.59 Å². The minimum Gasteiger partial charge on any atom is -0.505 e. The number of aromatic hydroxyl groups is 1. The lowest BCUT2D eigenvalue weighted by atomic mass is 10.00. The van der Waals surface area contributed by atoms with Gasteiger partial charge < -0.3 is 15.7 Å². The van der Waals surface area contributed by atoms with Crippen LogP contribution in [-0.2, 0) is 0 Å². The summed E-state index contributed by atoms with van der Waals surface area (Å²) in [7, 11) is 1.53. The molecule has 0 aliphatic rings. The van der Waals surface area contributed by atoms with Crippen molar-refractivity contribution in [1.82, 2.24) is 5.32 Å². The molecule has 36 heavy (non-hydrogen) atoms. The molecule has 0 radical (unpaired) electrons. The van der Waals surface area contributed by atoms with Crippen molar-refractivity contribution in [3.05, 3.63) is 93.0 Å². The van der Waals surface area contributed by atoms with Gasteiger partial charge in [0.05, 0.1) is 10.6 Å². The number of azo groups is 1. The zero-order chi connectivity index (χ0) is 26.0. The summed E-state index contributed by atoms with van der Waals surface area (Å²) in [6, 6.07) is 16.7. The van der Waals surface area contributed by atoms with Crippen LogP contribution in [0.4, 0.5) is 17.1 Å². The Balaban J connectivity index is 1.86. The van der Waals surface area contributed by atoms with Crippen molar-refractivity contribution in [2.45, 2.75) is 13.8 Å². The van der Waals surface area contributed by atoms with Gasteiger partial charge in [0.25, 0.3) is 11.8 Å². The van der Waals surface area contributed by atoms with Crippen LogP contribution in [0.3, 0.4) is 0 Å². The predicted molar refractivity (Wildman–Crippen MR) is 144 cm³/mol. The summed E-state index contributed by atoms with van der Waals surface area (Å²) in [6.45, 7) is 3.84. The van der Waals surface area contributed by atoms with Gasteiger partial charge in [0.15, 0.2) is 5.75 Å². The Kier molecular flexibility index (Phi) is 7.24. The van der Waals surface area contributed by atoms with Crippen molar-refractivity contribution >= 4 is 62.9 Å². The standard InChI is InChI=1S/C27H22Cl2N4O3/c1-14-4-9-22(15(2)10-14)31-27(36)20-12-17-11-16(26(35)30-3)5-7-19(17)24(25(20)34)33-32-23-13-18(28)6-8-21(23)29/h4-13,34H,1-3H3,(H,30,35)(H,31,36)/b33-32+. The molecule has 0 fully saturated rings. The molecule has 0 unspecified atom stereocenters. The minimum absolute atomic E-state index is 0.0253. The molecule has 4 aromatic carbocycles. The first-order chi connectivity index (χ1) is 17.2. The monoisotopic (exact) mass is 520 g/mol. The summed E-state index contributed by atoms with van der Waals surface area (Å²) in [5.41, 5.74) is 3.25. The molecule has 0 aromatic heterocycles. The van der Waals surface area contributed by atoms with Gasteiger partial charge in [-0.2, -0.15) is 0 Å². The van der Waals surface area contributed by atoms with Crippen LogP contribution in [0.5, 0.6) is 5.75 Å². The second-order valence-electron chi connectivity index (χ2n) is 8.20. The quantitative estimate of drug-likeness (QED) is 0.237. The van der Waals surface area contributed by atoms with E-state index in [2.05, 4.69) is 20.9 Å². The lowest BCUT2D eigenvalue weighted by molar-refractivity contribution is 0.0962. The van der Waals surface area contributed by atoms with Gasteiger partial charge in [-0.15, -0.1) is 10.2 Å². The van der Waals surface area contributed by atoms with E-state index in [-0.39, 0.29) is 22.9 Å². The van der Waals surface area contributed by atoms with Crippen molar-refractivity contribution in [1.29, 1.82) is 0 Å². The van der Waals surface area contributed by atoms with Crippen LogP contribution in [-0.4, -0.2) is 24.0 Å². The number of nitrogens with zero attached hydrogens (tertiary/aromatic N) is 2. The lowest BCUT2D eigenvalue weighted by Gasteiger charge is -2.13. The van der Waals surface area contributed by atoms with Crippen LogP contribution in [0, 0.1) is 13.8 Å². The molecule has 4 rings (SSSR count). The third-order valence-electron chi connectivity index (χ3n) is 5.62. The van der Waals surface area contributed by atoms with Gasteiger partial charge in [0, 0.05) is 28.7 Å². The van der Waals surface area contributed by atoms with Crippen LogP contribution in [0.25, 0.3) is 10.8 Å². The normalized spacial score (nSPS) is 11.1. The maximum absolute atomic E-state index is 13.3. The Hall–Kier alpha value is -3.94. The molecule has 0 saturated heterocycles. The Morgan fingerprint density at radius 1 is 0.889 bits per heavy atom. The highest BCUT2D eigenvalue weighted by molar-refractivity contribution is 6.35. The van der Waals surface area contributed by atoms with Crippen molar-refractivity contribution in [2.24, 2.45) is 10.2 Å². The number of hydrogen-bond acceptors (Lipinski definition) is 5. The molecule has 0 bridgehead atoms. The van der Waals surface area contributed by atoms with Crippen LogP contribution >= 0.6 is 23.2 Å². The number of carbonyl (C=O) groups is 2.